The van der Waals surface area contributed by atoms with Crippen LogP contribution in [0.15, 0.2) is 0 Å². The lowest BCUT2D eigenvalue weighted by atomic mass is 9.65. The largest absolute Gasteiger partial charge is 0.459 e. The van der Waals surface area contributed by atoms with E-state index < -0.39 is 23.8 Å². The van der Waals surface area contributed by atoms with Gasteiger partial charge in [-0.3, -0.25) is 14.4 Å². The summed E-state index contributed by atoms with van der Waals surface area (Å²) in [5, 5.41) is 0. The zero-order valence-corrected chi connectivity index (χ0v) is 24.7. The van der Waals surface area contributed by atoms with Crippen LogP contribution in [0, 0.1) is 71.0 Å². The monoisotopic (exact) mass is 556 g/mol. The van der Waals surface area contributed by atoms with Gasteiger partial charge in [-0.1, -0.05) is 27.2 Å². The summed E-state index contributed by atoms with van der Waals surface area (Å²) in [4.78, 5) is 40.2. The van der Waals surface area contributed by atoms with Crippen LogP contribution in [0.25, 0.3) is 0 Å². The van der Waals surface area contributed by atoms with Gasteiger partial charge in [-0.2, -0.15) is 0 Å². The summed E-state index contributed by atoms with van der Waals surface area (Å²) in [6, 6.07) is 0. The van der Waals surface area contributed by atoms with E-state index in [2.05, 4.69) is 20.8 Å². The average Bonchev–Trinajstić information content (AvgIpc) is 3.75. The second-order valence-electron chi connectivity index (χ2n) is 14.7. The van der Waals surface area contributed by atoms with Crippen molar-refractivity contribution in [2.24, 2.45) is 71.0 Å². The van der Waals surface area contributed by atoms with Crippen molar-refractivity contribution in [2.75, 3.05) is 6.61 Å². The van der Waals surface area contributed by atoms with Gasteiger partial charge in [0.15, 0.2) is 6.29 Å². The van der Waals surface area contributed by atoms with Crippen molar-refractivity contribution in [1.29, 1.82) is 0 Å². The third-order valence-electron chi connectivity index (χ3n) is 13.2. The predicted molar refractivity (Wildman–Crippen MR) is 145 cm³/mol. The second-order valence-corrected chi connectivity index (χ2v) is 14.7. The van der Waals surface area contributed by atoms with Gasteiger partial charge in [0, 0.05) is 12.5 Å². The Hall–Kier alpha value is -1.47. The highest BCUT2D eigenvalue weighted by atomic mass is 16.7. The molecule has 7 aliphatic rings. The number of cyclic esters (lactones) is 2. The van der Waals surface area contributed by atoms with Crippen molar-refractivity contribution in [2.45, 2.75) is 110 Å². The van der Waals surface area contributed by atoms with E-state index in [4.69, 9.17) is 18.9 Å². The Balaban J connectivity index is 1.06. The normalized spacial score (nSPS) is 52.8. The standard InChI is InChI=1S/C33H48O7/c1-5-33(15-19-14-24(33)21-9-7-8-20(19)21)40-30(34)23-13-18-12-22(23)17(4)26(18)27-28(32(36)39-31(27)35)29-16(3)10-11-25(38-29)37-6-2/h16-29H,5-15H2,1-4H3. The van der Waals surface area contributed by atoms with E-state index in [1.54, 1.807) is 0 Å². The van der Waals surface area contributed by atoms with Crippen molar-refractivity contribution in [1.82, 2.24) is 0 Å². The lowest BCUT2D eigenvalue weighted by Gasteiger charge is -2.44. The molecule has 40 heavy (non-hydrogen) atoms. The molecule has 0 aromatic rings. The van der Waals surface area contributed by atoms with Gasteiger partial charge in [-0.05, 0) is 112 Å². The molecule has 0 radical (unpaired) electrons. The zero-order valence-electron chi connectivity index (χ0n) is 24.7. The average molecular weight is 557 g/mol. The molecule has 4 bridgehead atoms. The van der Waals surface area contributed by atoms with Crippen molar-refractivity contribution in [3.63, 3.8) is 0 Å². The van der Waals surface area contributed by atoms with Crippen molar-refractivity contribution in [3.05, 3.63) is 0 Å². The molecule has 2 saturated heterocycles. The summed E-state index contributed by atoms with van der Waals surface area (Å²) >= 11 is 0. The smallest absolute Gasteiger partial charge is 0.320 e. The molecule has 2 heterocycles. The van der Waals surface area contributed by atoms with Gasteiger partial charge >= 0.3 is 17.9 Å². The fourth-order valence-electron chi connectivity index (χ4n) is 11.6. The van der Waals surface area contributed by atoms with Crippen molar-refractivity contribution in [3.8, 4) is 0 Å². The highest BCUT2D eigenvalue weighted by Gasteiger charge is 2.65. The number of carbonyl (C=O) groups is 3. The van der Waals surface area contributed by atoms with Crippen LogP contribution in [0.3, 0.4) is 0 Å². The van der Waals surface area contributed by atoms with E-state index in [0.717, 1.165) is 56.3 Å². The molecule has 5 aliphatic carbocycles. The molecule has 0 aromatic heterocycles. The molecule has 15 unspecified atom stereocenters. The number of ether oxygens (including phenoxy) is 4. The first-order valence-electron chi connectivity index (χ1n) is 16.5. The molecule has 0 amide bonds. The van der Waals surface area contributed by atoms with E-state index in [-0.39, 0.29) is 59.5 Å². The molecular weight excluding hydrogens is 508 g/mol. The molecular formula is C33H48O7. The topological polar surface area (TPSA) is 88.1 Å². The Labute approximate surface area is 238 Å². The van der Waals surface area contributed by atoms with E-state index in [0.29, 0.717) is 12.5 Å². The lowest BCUT2D eigenvalue weighted by Crippen LogP contribution is -2.48. The maximum atomic E-state index is 13.9. The molecule has 0 aromatic carbocycles. The highest BCUT2D eigenvalue weighted by Crippen LogP contribution is 2.65. The van der Waals surface area contributed by atoms with Crippen LogP contribution in [0.4, 0.5) is 0 Å². The fraction of sp³-hybridized carbons (Fsp3) is 0.909. The predicted octanol–water partition coefficient (Wildman–Crippen LogP) is 5.54. The number of carbonyl (C=O) groups excluding carboxylic acids is 3. The highest BCUT2D eigenvalue weighted by molar-refractivity contribution is 5.97. The maximum Gasteiger partial charge on any atom is 0.320 e. The van der Waals surface area contributed by atoms with E-state index in [9.17, 15) is 14.4 Å². The van der Waals surface area contributed by atoms with Crippen LogP contribution in [0.5, 0.6) is 0 Å². The summed E-state index contributed by atoms with van der Waals surface area (Å²) < 4.78 is 24.0. The van der Waals surface area contributed by atoms with E-state index in [1.165, 1.54) is 25.7 Å². The second kappa shape index (κ2) is 10.1. The van der Waals surface area contributed by atoms with Crippen LogP contribution in [-0.2, 0) is 33.3 Å². The molecule has 0 spiro atoms. The van der Waals surface area contributed by atoms with Crippen molar-refractivity contribution < 1.29 is 33.3 Å². The quantitative estimate of drug-likeness (QED) is 0.301. The van der Waals surface area contributed by atoms with Gasteiger partial charge in [0.25, 0.3) is 0 Å². The molecule has 222 valence electrons. The Kier molecular flexibility index (Phi) is 6.89. The molecule has 7 fully saturated rings. The number of esters is 3. The van der Waals surface area contributed by atoms with Gasteiger partial charge in [-0.15, -0.1) is 0 Å². The minimum atomic E-state index is -0.597. The number of hydrogen-bond donors (Lipinski definition) is 0. The fourth-order valence-corrected chi connectivity index (χ4v) is 11.6. The summed E-state index contributed by atoms with van der Waals surface area (Å²) in [5.41, 5.74) is -0.268. The van der Waals surface area contributed by atoms with Crippen LogP contribution < -0.4 is 0 Å². The minimum Gasteiger partial charge on any atom is -0.459 e. The first-order valence-corrected chi connectivity index (χ1v) is 16.5. The summed E-state index contributed by atoms with van der Waals surface area (Å²) in [6.07, 6.45) is 9.88. The number of hydrogen-bond acceptors (Lipinski definition) is 7. The molecule has 2 aliphatic heterocycles. The Morgan fingerprint density at radius 1 is 0.925 bits per heavy atom. The van der Waals surface area contributed by atoms with Gasteiger partial charge < -0.3 is 18.9 Å². The molecule has 15 atom stereocenters. The molecule has 7 heteroatoms. The van der Waals surface area contributed by atoms with Gasteiger partial charge in [0.2, 0.25) is 0 Å². The Bertz CT molecular complexity index is 1040. The van der Waals surface area contributed by atoms with Crippen LogP contribution in [0.2, 0.25) is 0 Å². The molecule has 5 saturated carbocycles. The van der Waals surface area contributed by atoms with Crippen LogP contribution in [0.1, 0.15) is 91.9 Å². The van der Waals surface area contributed by atoms with E-state index >= 15 is 0 Å². The van der Waals surface area contributed by atoms with Crippen LogP contribution >= 0.6 is 0 Å². The third kappa shape index (κ3) is 3.99. The van der Waals surface area contributed by atoms with Crippen LogP contribution in [-0.4, -0.2) is 42.5 Å². The minimum absolute atomic E-state index is 0.00663. The Morgan fingerprint density at radius 2 is 1.70 bits per heavy atom. The SMILES string of the molecule is CCOC1CCC(C)C(C2C(=O)OC(=O)C2C2C3CC(C(=O)OC4(CC)CC5CC4C4CCCC54)C(C3)C2C)O1. The van der Waals surface area contributed by atoms with E-state index in [1.807, 2.05) is 6.92 Å². The summed E-state index contributed by atoms with van der Waals surface area (Å²) in [6.45, 7) is 8.99. The van der Waals surface area contributed by atoms with Gasteiger partial charge in [0.1, 0.15) is 5.60 Å². The first-order chi connectivity index (χ1) is 19.3. The number of rotatable bonds is 7. The Morgan fingerprint density at radius 3 is 2.45 bits per heavy atom. The molecule has 0 N–H and O–H groups in total. The van der Waals surface area contributed by atoms with Crippen molar-refractivity contribution >= 4 is 17.9 Å². The summed E-state index contributed by atoms with van der Waals surface area (Å²) in [7, 11) is 0. The first kappa shape index (κ1) is 27.4. The third-order valence-corrected chi connectivity index (χ3v) is 13.2. The van der Waals surface area contributed by atoms with Gasteiger partial charge in [0.05, 0.1) is 23.9 Å². The summed E-state index contributed by atoms with van der Waals surface area (Å²) in [5.74, 6) is 1.61. The molecule has 7 rings (SSSR count). The number of fused-ring (bicyclic) bond motifs is 7. The lowest BCUT2D eigenvalue weighted by molar-refractivity contribution is -0.222. The van der Waals surface area contributed by atoms with Gasteiger partial charge in [-0.25, -0.2) is 0 Å². The maximum absolute atomic E-state index is 13.9. The molecule has 7 nitrogen and oxygen atoms in total. The zero-order chi connectivity index (χ0) is 27.9.